The summed E-state index contributed by atoms with van der Waals surface area (Å²) in [5.74, 6) is -2.67. The Morgan fingerprint density at radius 3 is 2.38 bits per heavy atom. The quantitative estimate of drug-likeness (QED) is 0.776. The number of carboxylic acid groups (broad SMARTS) is 1. The number of carbonyl (C=O) groups is 3. The van der Waals surface area contributed by atoms with Crippen molar-refractivity contribution in [2.75, 3.05) is 10.6 Å². The third-order valence-electron chi connectivity index (χ3n) is 2.74. The molecular weight excluding hydrogens is 279 g/mol. The fourth-order valence-electron chi connectivity index (χ4n) is 1.57. The van der Waals surface area contributed by atoms with Crippen molar-refractivity contribution in [2.45, 2.75) is 27.2 Å². The maximum Gasteiger partial charge on any atom is 0.309 e. The number of hydrogen-bond donors (Lipinski definition) is 3. The minimum atomic E-state index is -1.20. The van der Waals surface area contributed by atoms with E-state index in [-0.39, 0.29) is 17.8 Å². The Bertz CT molecular complexity index is 584. The highest BCUT2D eigenvalue weighted by Crippen LogP contribution is 2.23. The molecule has 0 bridgehead atoms. The number of nitrogens with one attached hydrogen (secondary N) is 2. The molecule has 7 heteroatoms. The van der Waals surface area contributed by atoms with E-state index in [4.69, 9.17) is 5.11 Å². The molecule has 1 rings (SSSR count). The number of amides is 2. The van der Waals surface area contributed by atoms with Crippen molar-refractivity contribution in [1.29, 1.82) is 0 Å². The molecular formula is C14H17FN2O4. The Morgan fingerprint density at radius 2 is 1.86 bits per heavy atom. The van der Waals surface area contributed by atoms with Gasteiger partial charge in [0.05, 0.1) is 11.1 Å². The van der Waals surface area contributed by atoms with Crippen LogP contribution in [0.25, 0.3) is 0 Å². The van der Waals surface area contributed by atoms with Gasteiger partial charge in [0, 0.05) is 19.0 Å². The normalized spacial score (nSPS) is 10.9. The standard InChI is InChI=1S/C14H17FN2O4/c1-8(18)16-11-6-9(4-5-10(11)15)17-12(19)7-14(2,3)13(20)21/h4-6H,7H2,1-3H3,(H,16,18)(H,17,19)(H,20,21). The smallest absolute Gasteiger partial charge is 0.309 e. The summed E-state index contributed by atoms with van der Waals surface area (Å²) in [7, 11) is 0. The van der Waals surface area contributed by atoms with Crippen molar-refractivity contribution in [3.8, 4) is 0 Å². The van der Waals surface area contributed by atoms with Gasteiger partial charge in [0.25, 0.3) is 0 Å². The van der Waals surface area contributed by atoms with Crippen molar-refractivity contribution in [1.82, 2.24) is 0 Å². The molecule has 0 saturated heterocycles. The molecule has 21 heavy (non-hydrogen) atoms. The van der Waals surface area contributed by atoms with E-state index in [0.29, 0.717) is 0 Å². The first-order chi connectivity index (χ1) is 9.61. The number of aliphatic carboxylic acids is 1. The summed E-state index contributed by atoms with van der Waals surface area (Å²) >= 11 is 0. The molecule has 0 atom stereocenters. The molecule has 3 N–H and O–H groups in total. The SMILES string of the molecule is CC(=O)Nc1cc(NC(=O)CC(C)(C)C(=O)O)ccc1F. The second-order valence-electron chi connectivity index (χ2n) is 5.29. The molecule has 0 aliphatic carbocycles. The predicted octanol–water partition coefficient (Wildman–Crippen LogP) is 2.22. The number of carbonyl (C=O) groups excluding carboxylic acids is 2. The van der Waals surface area contributed by atoms with E-state index in [2.05, 4.69) is 10.6 Å². The maximum absolute atomic E-state index is 13.4. The fraction of sp³-hybridized carbons (Fsp3) is 0.357. The van der Waals surface area contributed by atoms with E-state index in [0.717, 1.165) is 6.07 Å². The summed E-state index contributed by atoms with van der Waals surface area (Å²) in [6, 6.07) is 3.69. The number of benzene rings is 1. The lowest BCUT2D eigenvalue weighted by Crippen LogP contribution is -2.29. The van der Waals surface area contributed by atoms with E-state index in [1.807, 2.05) is 0 Å². The summed E-state index contributed by atoms with van der Waals surface area (Å²) in [6.45, 7) is 4.10. The largest absolute Gasteiger partial charge is 0.481 e. The Labute approximate surface area is 121 Å². The van der Waals surface area contributed by atoms with Crippen LogP contribution in [0.2, 0.25) is 0 Å². The Kier molecular flexibility index (Phi) is 5.02. The van der Waals surface area contributed by atoms with Gasteiger partial charge in [-0.05, 0) is 32.0 Å². The lowest BCUT2D eigenvalue weighted by atomic mass is 9.89. The molecule has 0 radical (unpaired) electrons. The van der Waals surface area contributed by atoms with Gasteiger partial charge in [-0.2, -0.15) is 0 Å². The highest BCUT2D eigenvalue weighted by molar-refractivity contribution is 5.95. The van der Waals surface area contributed by atoms with Gasteiger partial charge in [-0.3, -0.25) is 14.4 Å². The average molecular weight is 296 g/mol. The van der Waals surface area contributed by atoms with Crippen molar-refractivity contribution < 1.29 is 23.9 Å². The zero-order valence-electron chi connectivity index (χ0n) is 12.0. The van der Waals surface area contributed by atoms with Crippen LogP contribution in [0.15, 0.2) is 18.2 Å². The van der Waals surface area contributed by atoms with Crippen LogP contribution in [0.1, 0.15) is 27.2 Å². The first-order valence-corrected chi connectivity index (χ1v) is 6.22. The van der Waals surface area contributed by atoms with Crippen LogP contribution in [0, 0.1) is 11.2 Å². The average Bonchev–Trinajstić information content (AvgIpc) is 2.31. The summed E-state index contributed by atoms with van der Waals surface area (Å²) in [5, 5.41) is 13.7. The Morgan fingerprint density at radius 1 is 1.24 bits per heavy atom. The molecule has 0 aliphatic heterocycles. The molecule has 0 fully saturated rings. The zero-order chi connectivity index (χ0) is 16.2. The molecule has 0 unspecified atom stereocenters. The minimum Gasteiger partial charge on any atom is -0.481 e. The molecule has 0 heterocycles. The third kappa shape index (κ3) is 4.87. The van der Waals surface area contributed by atoms with Gasteiger partial charge < -0.3 is 15.7 Å². The van der Waals surface area contributed by atoms with Gasteiger partial charge in [0.2, 0.25) is 11.8 Å². The molecule has 0 saturated carbocycles. The van der Waals surface area contributed by atoms with Crippen LogP contribution in [0.5, 0.6) is 0 Å². The highest BCUT2D eigenvalue weighted by Gasteiger charge is 2.30. The molecule has 6 nitrogen and oxygen atoms in total. The number of anilines is 2. The second-order valence-corrected chi connectivity index (χ2v) is 5.29. The van der Waals surface area contributed by atoms with E-state index < -0.39 is 29.0 Å². The maximum atomic E-state index is 13.4. The molecule has 2 amide bonds. The van der Waals surface area contributed by atoms with Gasteiger partial charge in [0.15, 0.2) is 0 Å². The topological polar surface area (TPSA) is 95.5 Å². The molecule has 0 aromatic heterocycles. The minimum absolute atomic E-state index is 0.0576. The first kappa shape index (κ1) is 16.6. The zero-order valence-corrected chi connectivity index (χ0v) is 12.0. The third-order valence-corrected chi connectivity index (χ3v) is 2.74. The number of halogens is 1. The van der Waals surface area contributed by atoms with E-state index in [1.54, 1.807) is 0 Å². The van der Waals surface area contributed by atoms with Gasteiger partial charge >= 0.3 is 5.97 Å². The van der Waals surface area contributed by atoms with Crippen LogP contribution in [0.3, 0.4) is 0 Å². The number of hydrogen-bond acceptors (Lipinski definition) is 3. The van der Waals surface area contributed by atoms with Crippen LogP contribution >= 0.6 is 0 Å². The predicted molar refractivity (Wildman–Crippen MR) is 75.4 cm³/mol. The lowest BCUT2D eigenvalue weighted by molar-refractivity contribution is -0.149. The fourth-order valence-corrected chi connectivity index (χ4v) is 1.57. The van der Waals surface area contributed by atoms with Crippen LogP contribution < -0.4 is 10.6 Å². The van der Waals surface area contributed by atoms with Crippen LogP contribution in [-0.2, 0) is 14.4 Å². The highest BCUT2D eigenvalue weighted by atomic mass is 19.1. The van der Waals surface area contributed by atoms with Crippen LogP contribution in [-0.4, -0.2) is 22.9 Å². The Balaban J connectivity index is 2.81. The molecule has 0 aliphatic rings. The molecule has 1 aromatic carbocycles. The second kappa shape index (κ2) is 6.34. The van der Waals surface area contributed by atoms with Gasteiger partial charge in [-0.15, -0.1) is 0 Å². The molecule has 114 valence electrons. The summed E-state index contributed by atoms with van der Waals surface area (Å²) in [4.78, 5) is 33.7. The number of rotatable bonds is 5. The van der Waals surface area contributed by atoms with E-state index in [1.165, 1.54) is 32.9 Å². The van der Waals surface area contributed by atoms with Crippen molar-refractivity contribution in [2.24, 2.45) is 5.41 Å². The van der Waals surface area contributed by atoms with Crippen LogP contribution in [0.4, 0.5) is 15.8 Å². The van der Waals surface area contributed by atoms with Gasteiger partial charge in [-0.25, -0.2) is 4.39 Å². The summed E-state index contributed by atoms with van der Waals surface area (Å²) in [5.41, 5.74) is -0.992. The molecule has 0 spiro atoms. The van der Waals surface area contributed by atoms with E-state index >= 15 is 0 Å². The first-order valence-electron chi connectivity index (χ1n) is 6.22. The Hall–Kier alpha value is -2.44. The van der Waals surface area contributed by atoms with Crippen molar-refractivity contribution >= 4 is 29.2 Å². The van der Waals surface area contributed by atoms with Crippen molar-refractivity contribution in [3.63, 3.8) is 0 Å². The lowest BCUT2D eigenvalue weighted by Gasteiger charge is -2.18. The number of carboxylic acids is 1. The molecule has 1 aromatic rings. The van der Waals surface area contributed by atoms with E-state index in [9.17, 15) is 18.8 Å². The van der Waals surface area contributed by atoms with Crippen molar-refractivity contribution in [3.05, 3.63) is 24.0 Å². The summed E-state index contributed by atoms with van der Waals surface area (Å²) in [6.07, 6.45) is -0.227. The summed E-state index contributed by atoms with van der Waals surface area (Å²) < 4.78 is 13.4. The monoisotopic (exact) mass is 296 g/mol. The van der Waals surface area contributed by atoms with Gasteiger partial charge in [0.1, 0.15) is 5.82 Å². The van der Waals surface area contributed by atoms with Gasteiger partial charge in [-0.1, -0.05) is 0 Å².